The van der Waals surface area contributed by atoms with Crippen LogP contribution >= 0.6 is 11.8 Å². The summed E-state index contributed by atoms with van der Waals surface area (Å²) in [6.45, 7) is 2.74. The molecular weight excluding hydrogens is 470 g/mol. The van der Waals surface area contributed by atoms with Gasteiger partial charge < -0.3 is 4.74 Å². The molecule has 1 atom stereocenters. The lowest BCUT2D eigenvalue weighted by Gasteiger charge is -2.34. The molecule has 1 N–H and O–H groups in total. The Morgan fingerprint density at radius 2 is 1.86 bits per heavy atom. The summed E-state index contributed by atoms with van der Waals surface area (Å²) in [4.78, 5) is 13.2. The van der Waals surface area contributed by atoms with E-state index in [4.69, 9.17) is 4.74 Å². The number of hydrazine groups is 1. The Bertz CT molecular complexity index is 1320. The number of methoxy groups -OCH3 is 1. The molecule has 0 aliphatic carbocycles. The van der Waals surface area contributed by atoms with Crippen LogP contribution in [0.2, 0.25) is 0 Å². The molecule has 0 radical (unpaired) electrons. The van der Waals surface area contributed by atoms with Gasteiger partial charge in [-0.1, -0.05) is 71.9 Å². The smallest absolute Gasteiger partial charge is 0.247 e. The SMILES string of the molecule is COc1cccc(C2CCCN(C(=O)CSc3nnc(-c4ccc(C)cc4)n3-c3ccccc3)N2)c1. The van der Waals surface area contributed by atoms with Crippen molar-refractivity contribution in [2.75, 3.05) is 19.4 Å². The highest BCUT2D eigenvalue weighted by atomic mass is 32.2. The van der Waals surface area contributed by atoms with Crippen LogP contribution < -0.4 is 10.2 Å². The second-order valence-electron chi connectivity index (χ2n) is 8.78. The Balaban J connectivity index is 1.33. The zero-order valence-corrected chi connectivity index (χ0v) is 21.2. The molecule has 184 valence electrons. The molecule has 0 bridgehead atoms. The molecule has 5 rings (SSSR count). The van der Waals surface area contributed by atoms with E-state index in [0.717, 1.165) is 41.2 Å². The van der Waals surface area contributed by atoms with E-state index in [1.807, 2.05) is 53.1 Å². The van der Waals surface area contributed by atoms with Gasteiger partial charge in [0, 0.05) is 17.8 Å². The van der Waals surface area contributed by atoms with Crippen LogP contribution in [0.25, 0.3) is 17.1 Å². The van der Waals surface area contributed by atoms with E-state index in [1.165, 1.54) is 17.3 Å². The lowest BCUT2D eigenvalue weighted by Crippen LogP contribution is -2.49. The molecule has 3 aromatic carbocycles. The predicted molar refractivity (Wildman–Crippen MR) is 142 cm³/mol. The maximum Gasteiger partial charge on any atom is 0.247 e. The summed E-state index contributed by atoms with van der Waals surface area (Å²) < 4.78 is 7.39. The fraction of sp³-hybridized carbons (Fsp3) is 0.250. The van der Waals surface area contributed by atoms with Crippen molar-refractivity contribution in [2.45, 2.75) is 31.0 Å². The number of carbonyl (C=O) groups is 1. The number of thioether (sulfide) groups is 1. The quantitative estimate of drug-likeness (QED) is 0.352. The Morgan fingerprint density at radius 3 is 2.64 bits per heavy atom. The molecule has 8 heteroatoms. The van der Waals surface area contributed by atoms with Crippen molar-refractivity contribution >= 4 is 17.7 Å². The van der Waals surface area contributed by atoms with Crippen molar-refractivity contribution in [1.82, 2.24) is 25.2 Å². The molecule has 1 aliphatic heterocycles. The highest BCUT2D eigenvalue weighted by molar-refractivity contribution is 7.99. The first kappa shape index (κ1) is 24.1. The average molecular weight is 500 g/mol. The number of amides is 1. The Kier molecular flexibility index (Phi) is 7.34. The van der Waals surface area contributed by atoms with Gasteiger partial charge in [-0.25, -0.2) is 5.43 Å². The van der Waals surface area contributed by atoms with E-state index in [9.17, 15) is 4.79 Å². The predicted octanol–water partition coefficient (Wildman–Crippen LogP) is 5.21. The lowest BCUT2D eigenvalue weighted by molar-refractivity contribution is -0.133. The Morgan fingerprint density at radius 1 is 1.06 bits per heavy atom. The number of hydrogen-bond acceptors (Lipinski definition) is 6. The molecule has 7 nitrogen and oxygen atoms in total. The molecule has 1 saturated heterocycles. The van der Waals surface area contributed by atoms with Crippen LogP contribution in [0.3, 0.4) is 0 Å². The zero-order chi connectivity index (χ0) is 24.9. The summed E-state index contributed by atoms with van der Waals surface area (Å²) in [6, 6.07) is 26.3. The largest absolute Gasteiger partial charge is 0.497 e. The number of hydrogen-bond donors (Lipinski definition) is 1. The topological polar surface area (TPSA) is 72.3 Å². The summed E-state index contributed by atoms with van der Waals surface area (Å²) in [7, 11) is 1.67. The summed E-state index contributed by atoms with van der Waals surface area (Å²) in [5.74, 6) is 1.85. The van der Waals surface area contributed by atoms with Crippen molar-refractivity contribution < 1.29 is 9.53 Å². The van der Waals surface area contributed by atoms with Crippen molar-refractivity contribution in [2.24, 2.45) is 0 Å². The number of aryl methyl sites for hydroxylation is 1. The van der Waals surface area contributed by atoms with Crippen LogP contribution in [0.4, 0.5) is 0 Å². The molecule has 4 aromatic rings. The molecule has 1 amide bonds. The first-order valence-electron chi connectivity index (χ1n) is 12.0. The third-order valence-electron chi connectivity index (χ3n) is 6.27. The normalized spacial score (nSPS) is 15.6. The highest BCUT2D eigenvalue weighted by Gasteiger charge is 2.25. The number of rotatable bonds is 7. The van der Waals surface area contributed by atoms with E-state index >= 15 is 0 Å². The molecule has 1 unspecified atom stereocenters. The van der Waals surface area contributed by atoms with Crippen molar-refractivity contribution in [3.05, 3.63) is 90.0 Å². The van der Waals surface area contributed by atoms with Gasteiger partial charge in [0.25, 0.3) is 0 Å². The molecule has 0 spiro atoms. The summed E-state index contributed by atoms with van der Waals surface area (Å²) >= 11 is 1.40. The summed E-state index contributed by atoms with van der Waals surface area (Å²) in [6.07, 6.45) is 1.90. The van der Waals surface area contributed by atoms with Gasteiger partial charge in [-0.05, 0) is 49.6 Å². The van der Waals surface area contributed by atoms with Gasteiger partial charge in [-0.3, -0.25) is 14.4 Å². The van der Waals surface area contributed by atoms with E-state index in [0.29, 0.717) is 11.7 Å². The standard InChI is InChI=1S/C28H29N5O2S/c1-20-13-15-21(16-14-20)27-29-30-28(33(27)23-9-4-3-5-10-23)36-19-26(34)32-17-7-12-25(31-32)22-8-6-11-24(18-22)35-2/h3-6,8-11,13-16,18,25,31H,7,12,17,19H2,1-2H3. The molecule has 36 heavy (non-hydrogen) atoms. The van der Waals surface area contributed by atoms with E-state index < -0.39 is 0 Å². The number of benzene rings is 3. The van der Waals surface area contributed by atoms with Crippen LogP contribution in [-0.2, 0) is 4.79 Å². The monoisotopic (exact) mass is 499 g/mol. The van der Waals surface area contributed by atoms with Gasteiger partial charge in [-0.2, -0.15) is 0 Å². The van der Waals surface area contributed by atoms with Crippen LogP contribution in [0.1, 0.15) is 30.0 Å². The minimum Gasteiger partial charge on any atom is -0.497 e. The van der Waals surface area contributed by atoms with E-state index in [1.54, 1.807) is 12.1 Å². The highest BCUT2D eigenvalue weighted by Crippen LogP contribution is 2.29. The van der Waals surface area contributed by atoms with E-state index in [-0.39, 0.29) is 17.7 Å². The first-order valence-corrected chi connectivity index (χ1v) is 13.0. The van der Waals surface area contributed by atoms with Crippen LogP contribution in [0, 0.1) is 6.92 Å². The molecule has 0 saturated carbocycles. The van der Waals surface area contributed by atoms with Gasteiger partial charge in [-0.15, -0.1) is 10.2 Å². The summed E-state index contributed by atoms with van der Waals surface area (Å²) in [5.41, 5.74) is 7.66. The zero-order valence-electron chi connectivity index (χ0n) is 20.4. The third-order valence-corrected chi connectivity index (χ3v) is 7.18. The van der Waals surface area contributed by atoms with Gasteiger partial charge in [0.2, 0.25) is 5.91 Å². The Labute approximate surface area is 215 Å². The molecule has 2 heterocycles. The van der Waals surface area contributed by atoms with Gasteiger partial charge in [0.15, 0.2) is 11.0 Å². The average Bonchev–Trinajstić information content (AvgIpc) is 3.36. The minimum absolute atomic E-state index is 0.0205. The molecule has 1 aliphatic rings. The number of nitrogens with one attached hydrogen (secondary N) is 1. The van der Waals surface area contributed by atoms with Crippen LogP contribution in [0.15, 0.2) is 84.0 Å². The third kappa shape index (κ3) is 5.29. The number of ether oxygens (including phenoxy) is 1. The summed E-state index contributed by atoms with van der Waals surface area (Å²) in [5, 5.41) is 11.4. The number of nitrogens with zero attached hydrogens (tertiary/aromatic N) is 4. The van der Waals surface area contributed by atoms with Gasteiger partial charge in [0.1, 0.15) is 5.75 Å². The van der Waals surface area contributed by atoms with Crippen LogP contribution in [0.5, 0.6) is 5.75 Å². The van der Waals surface area contributed by atoms with Crippen LogP contribution in [-0.4, -0.2) is 45.1 Å². The Hall–Kier alpha value is -3.62. The molecule has 1 fully saturated rings. The van der Waals surface area contributed by atoms with Crippen molar-refractivity contribution in [3.63, 3.8) is 0 Å². The first-order chi connectivity index (χ1) is 17.6. The van der Waals surface area contributed by atoms with Gasteiger partial charge in [0.05, 0.1) is 18.9 Å². The fourth-order valence-corrected chi connectivity index (χ4v) is 5.16. The molecular formula is C28H29N5O2S. The fourth-order valence-electron chi connectivity index (χ4n) is 4.33. The maximum absolute atomic E-state index is 13.2. The number of para-hydroxylation sites is 1. The second kappa shape index (κ2) is 11.0. The van der Waals surface area contributed by atoms with Gasteiger partial charge >= 0.3 is 0 Å². The van der Waals surface area contributed by atoms with Crippen molar-refractivity contribution in [3.8, 4) is 22.8 Å². The molecule has 1 aromatic heterocycles. The number of aromatic nitrogens is 3. The lowest BCUT2D eigenvalue weighted by atomic mass is 10.0. The minimum atomic E-state index is 0.0205. The van der Waals surface area contributed by atoms with E-state index in [2.05, 4.69) is 52.9 Å². The number of carbonyl (C=O) groups excluding carboxylic acids is 1. The second-order valence-corrected chi connectivity index (χ2v) is 9.72. The maximum atomic E-state index is 13.2. The van der Waals surface area contributed by atoms with Crippen molar-refractivity contribution in [1.29, 1.82) is 0 Å².